The number of thiazole rings is 1. The quantitative estimate of drug-likeness (QED) is 0.248. The highest BCUT2D eigenvalue weighted by molar-refractivity contribution is 8.01. The summed E-state index contributed by atoms with van der Waals surface area (Å²) in [5.74, 6) is 0.247. The van der Waals surface area contributed by atoms with E-state index in [4.69, 9.17) is 0 Å². The van der Waals surface area contributed by atoms with Crippen LogP contribution in [0.2, 0.25) is 0 Å². The number of allylic oxidation sites excluding steroid dienone is 2. The second-order valence-electron chi connectivity index (χ2n) is 8.22. The topological polar surface area (TPSA) is 67.3 Å². The molecule has 2 fully saturated rings. The third-order valence-electron chi connectivity index (χ3n) is 6.50. The van der Waals surface area contributed by atoms with Crippen molar-refractivity contribution in [2.24, 2.45) is 23.7 Å². The van der Waals surface area contributed by atoms with E-state index in [2.05, 4.69) is 17.1 Å². The number of benzene rings is 2. The molecule has 4 atom stereocenters. The molecule has 2 bridgehead atoms. The van der Waals surface area contributed by atoms with E-state index >= 15 is 0 Å². The van der Waals surface area contributed by atoms with Crippen LogP contribution in [0.4, 0.5) is 5.69 Å². The van der Waals surface area contributed by atoms with Gasteiger partial charge in [-0.25, -0.2) is 9.88 Å². The van der Waals surface area contributed by atoms with Gasteiger partial charge in [0, 0.05) is 5.56 Å². The lowest BCUT2D eigenvalue weighted by atomic mass is 9.85. The van der Waals surface area contributed by atoms with Crippen molar-refractivity contribution in [2.45, 2.75) is 10.8 Å². The maximum Gasteiger partial charge on any atom is 0.238 e. The second kappa shape index (κ2) is 7.14. The number of Topliss-reactive ketones (excluding diaryl/α,β-unsaturated/α-hetero) is 1. The number of ketones is 1. The molecule has 154 valence electrons. The number of carbonyl (C=O) groups excluding carboxylic acids is 3. The van der Waals surface area contributed by atoms with Crippen LogP contribution in [0.25, 0.3) is 10.2 Å². The van der Waals surface area contributed by atoms with E-state index in [0.717, 1.165) is 21.0 Å². The number of hydrogen-bond donors (Lipinski definition) is 0. The number of fused-ring (bicyclic) bond motifs is 6. The van der Waals surface area contributed by atoms with Gasteiger partial charge in [-0.3, -0.25) is 14.4 Å². The number of amides is 2. The molecule has 2 heterocycles. The van der Waals surface area contributed by atoms with Crippen LogP contribution in [0, 0.1) is 23.7 Å². The Morgan fingerprint density at radius 2 is 1.74 bits per heavy atom. The van der Waals surface area contributed by atoms with Gasteiger partial charge in [0.15, 0.2) is 10.1 Å². The van der Waals surface area contributed by atoms with E-state index in [0.29, 0.717) is 17.0 Å². The zero-order chi connectivity index (χ0) is 21.1. The molecule has 2 aliphatic carbocycles. The molecule has 5 nitrogen and oxygen atoms in total. The first kappa shape index (κ1) is 19.0. The molecular formula is C24H18N2O3S2. The van der Waals surface area contributed by atoms with Crippen LogP contribution < -0.4 is 4.90 Å². The molecule has 31 heavy (non-hydrogen) atoms. The molecule has 2 aromatic carbocycles. The monoisotopic (exact) mass is 446 g/mol. The fraction of sp³-hybridized carbons (Fsp3) is 0.250. The predicted molar refractivity (Wildman–Crippen MR) is 121 cm³/mol. The van der Waals surface area contributed by atoms with Crippen LogP contribution in [0.15, 0.2) is 65.0 Å². The average Bonchev–Trinajstić information content (AvgIpc) is 3.55. The molecule has 0 N–H and O–H groups in total. The van der Waals surface area contributed by atoms with Gasteiger partial charge in [0.25, 0.3) is 0 Å². The summed E-state index contributed by atoms with van der Waals surface area (Å²) >= 11 is 2.90. The highest BCUT2D eigenvalue weighted by Gasteiger charge is 2.59. The maximum absolute atomic E-state index is 13.1. The zero-order valence-electron chi connectivity index (χ0n) is 16.4. The zero-order valence-corrected chi connectivity index (χ0v) is 18.1. The van der Waals surface area contributed by atoms with Gasteiger partial charge in [0.05, 0.1) is 33.5 Å². The first-order valence-electron chi connectivity index (χ1n) is 10.3. The molecule has 0 unspecified atom stereocenters. The van der Waals surface area contributed by atoms with E-state index in [1.165, 1.54) is 28.0 Å². The van der Waals surface area contributed by atoms with E-state index < -0.39 is 0 Å². The summed E-state index contributed by atoms with van der Waals surface area (Å²) in [6.45, 7) is 0. The lowest BCUT2D eigenvalue weighted by Gasteiger charge is -2.17. The number of carbonyl (C=O) groups is 3. The molecule has 0 radical (unpaired) electrons. The number of aromatic nitrogens is 1. The van der Waals surface area contributed by atoms with E-state index in [-0.39, 0.29) is 41.3 Å². The second-order valence-corrected chi connectivity index (χ2v) is 10.5. The summed E-state index contributed by atoms with van der Waals surface area (Å²) in [6, 6.07) is 14.8. The number of thioether (sulfide) groups is 1. The van der Waals surface area contributed by atoms with Crippen LogP contribution in [-0.4, -0.2) is 28.3 Å². The summed E-state index contributed by atoms with van der Waals surface area (Å²) in [5, 5.41) is 0. The Balaban J connectivity index is 1.23. The van der Waals surface area contributed by atoms with Crippen LogP contribution in [0.1, 0.15) is 16.8 Å². The highest BCUT2D eigenvalue weighted by Crippen LogP contribution is 2.53. The van der Waals surface area contributed by atoms with E-state index in [9.17, 15) is 14.4 Å². The number of nitrogens with zero attached hydrogens (tertiary/aromatic N) is 2. The number of rotatable bonds is 5. The fourth-order valence-electron chi connectivity index (χ4n) is 5.08. The average molecular weight is 447 g/mol. The Bertz CT molecular complexity index is 1240. The summed E-state index contributed by atoms with van der Waals surface area (Å²) in [7, 11) is 0. The Hall–Kier alpha value is -2.77. The molecule has 3 aromatic rings. The molecule has 3 aliphatic rings. The van der Waals surface area contributed by atoms with Crippen LogP contribution in [0.5, 0.6) is 0 Å². The van der Waals surface area contributed by atoms with Gasteiger partial charge in [-0.1, -0.05) is 54.2 Å². The minimum Gasteiger partial charge on any atom is -0.293 e. The van der Waals surface area contributed by atoms with Crippen molar-refractivity contribution in [2.75, 3.05) is 10.7 Å². The van der Waals surface area contributed by atoms with Gasteiger partial charge >= 0.3 is 0 Å². The number of imide groups is 1. The van der Waals surface area contributed by atoms with Gasteiger partial charge in [-0.05, 0) is 36.5 Å². The number of hydrogen-bond acceptors (Lipinski definition) is 6. The minimum atomic E-state index is -0.199. The lowest BCUT2D eigenvalue weighted by Crippen LogP contribution is -2.32. The van der Waals surface area contributed by atoms with Crippen molar-refractivity contribution < 1.29 is 14.4 Å². The van der Waals surface area contributed by atoms with Crippen molar-refractivity contribution in [1.82, 2.24) is 4.98 Å². The molecule has 2 amide bonds. The highest BCUT2D eigenvalue weighted by atomic mass is 32.2. The molecule has 7 heteroatoms. The Morgan fingerprint density at radius 3 is 2.45 bits per heavy atom. The maximum atomic E-state index is 13.1. The lowest BCUT2D eigenvalue weighted by molar-refractivity contribution is -0.123. The predicted octanol–water partition coefficient (Wildman–Crippen LogP) is 4.58. The number of anilines is 1. The Labute approximate surface area is 187 Å². The van der Waals surface area contributed by atoms with Crippen LogP contribution in [0.3, 0.4) is 0 Å². The third kappa shape index (κ3) is 2.98. The molecule has 1 saturated heterocycles. The summed E-state index contributed by atoms with van der Waals surface area (Å²) in [5.41, 5.74) is 2.12. The first-order chi connectivity index (χ1) is 15.1. The summed E-state index contributed by atoms with van der Waals surface area (Å²) in [4.78, 5) is 44.5. The molecule has 1 aliphatic heterocycles. The van der Waals surface area contributed by atoms with Crippen LogP contribution in [-0.2, 0) is 9.59 Å². The van der Waals surface area contributed by atoms with E-state index in [1.807, 2.05) is 42.5 Å². The van der Waals surface area contributed by atoms with Gasteiger partial charge in [-0.15, -0.1) is 11.3 Å². The van der Waals surface area contributed by atoms with Gasteiger partial charge in [-0.2, -0.15) is 0 Å². The Morgan fingerprint density at radius 1 is 1.03 bits per heavy atom. The molecule has 1 saturated carbocycles. The van der Waals surface area contributed by atoms with Gasteiger partial charge in [0.1, 0.15) is 0 Å². The summed E-state index contributed by atoms with van der Waals surface area (Å²) < 4.78 is 1.71. The third-order valence-corrected chi connectivity index (χ3v) is 8.66. The largest absolute Gasteiger partial charge is 0.293 e. The van der Waals surface area contributed by atoms with Crippen molar-refractivity contribution in [3.8, 4) is 0 Å². The Kier molecular flexibility index (Phi) is 4.36. The standard InChI is InChI=1S/C24H18N2O3S2/c27-18(13-4-2-1-3-5-13)12-30-24-25-17-9-8-16(11-19(17)31-24)26-22(28)20-14-6-7-15(10-14)21(20)23(26)29/h1-9,11,14-15,20-21H,10,12H2/t14-,15-,20-,21+/m0/s1. The fourth-order valence-corrected chi connectivity index (χ4v) is 7.08. The van der Waals surface area contributed by atoms with Crippen molar-refractivity contribution in [3.05, 3.63) is 66.2 Å². The van der Waals surface area contributed by atoms with Crippen molar-refractivity contribution in [3.63, 3.8) is 0 Å². The first-order valence-corrected chi connectivity index (χ1v) is 12.1. The normalized spacial score (nSPS) is 26.3. The van der Waals surface area contributed by atoms with Gasteiger partial charge < -0.3 is 0 Å². The molecule has 0 spiro atoms. The van der Waals surface area contributed by atoms with Crippen LogP contribution >= 0.6 is 23.1 Å². The van der Waals surface area contributed by atoms with Crippen molar-refractivity contribution >= 4 is 56.6 Å². The van der Waals surface area contributed by atoms with E-state index in [1.54, 1.807) is 6.07 Å². The van der Waals surface area contributed by atoms with Crippen molar-refractivity contribution in [1.29, 1.82) is 0 Å². The summed E-state index contributed by atoms with van der Waals surface area (Å²) in [6.07, 6.45) is 5.14. The molecule has 1 aromatic heterocycles. The molecular weight excluding hydrogens is 428 g/mol. The SMILES string of the molecule is O=C(CSc1nc2ccc(N3C(=O)[C@@H]4[C@H](C3=O)[C@H]3C=C[C@H]4C3)cc2s1)c1ccccc1. The minimum absolute atomic E-state index is 0.0635. The van der Waals surface area contributed by atoms with Gasteiger partial charge in [0.2, 0.25) is 11.8 Å². The smallest absolute Gasteiger partial charge is 0.238 e. The molecule has 6 rings (SSSR count).